The fourth-order valence-corrected chi connectivity index (χ4v) is 3.34. The zero-order chi connectivity index (χ0) is 18.5. The van der Waals surface area contributed by atoms with Gasteiger partial charge in [0.1, 0.15) is 11.6 Å². The van der Waals surface area contributed by atoms with Crippen molar-refractivity contribution in [3.8, 4) is 11.4 Å². The average Bonchev–Trinajstić information content (AvgIpc) is 3.03. The third-order valence-electron chi connectivity index (χ3n) is 3.82. The van der Waals surface area contributed by atoms with Crippen LogP contribution in [-0.2, 0) is 4.79 Å². The third-order valence-corrected chi connectivity index (χ3v) is 4.86. The molecule has 134 valence electrons. The van der Waals surface area contributed by atoms with Gasteiger partial charge in [0.2, 0.25) is 5.91 Å². The number of aryl methyl sites for hydroxylation is 1. The molecule has 0 aliphatic rings. The summed E-state index contributed by atoms with van der Waals surface area (Å²) in [6, 6.07) is 17.1. The Morgan fingerprint density at radius 3 is 2.46 bits per heavy atom. The van der Waals surface area contributed by atoms with Crippen molar-refractivity contribution in [2.75, 3.05) is 12.4 Å². The number of aromatic nitrogens is 3. The number of thioether (sulfide) groups is 1. The molecule has 0 unspecified atom stereocenters. The lowest BCUT2D eigenvalue weighted by Gasteiger charge is -2.13. The minimum atomic E-state index is -0.330. The van der Waals surface area contributed by atoms with E-state index in [4.69, 9.17) is 4.74 Å². The first kappa shape index (κ1) is 18.0. The summed E-state index contributed by atoms with van der Waals surface area (Å²) in [7, 11) is 1.61. The molecular formula is C19H20N4O2S. The van der Waals surface area contributed by atoms with Gasteiger partial charge in [-0.15, -0.1) is 10.2 Å². The predicted octanol–water partition coefficient (Wildman–Crippen LogP) is 3.70. The Balaban J connectivity index is 1.71. The largest absolute Gasteiger partial charge is 0.497 e. The predicted molar refractivity (Wildman–Crippen MR) is 103 cm³/mol. The SMILES string of the molecule is COc1ccc(NC(=O)[C@H](C)Sc2nnc(C)n2-c2ccccc2)cc1. The molecule has 1 aromatic heterocycles. The Morgan fingerprint density at radius 1 is 1.12 bits per heavy atom. The molecule has 0 aliphatic heterocycles. The van der Waals surface area contributed by atoms with Crippen LogP contribution in [0.1, 0.15) is 12.7 Å². The maximum Gasteiger partial charge on any atom is 0.237 e. The molecule has 6 nitrogen and oxygen atoms in total. The summed E-state index contributed by atoms with van der Waals surface area (Å²) in [4.78, 5) is 12.5. The van der Waals surface area contributed by atoms with Crippen molar-refractivity contribution in [3.63, 3.8) is 0 Å². The highest BCUT2D eigenvalue weighted by atomic mass is 32.2. The number of carbonyl (C=O) groups is 1. The molecule has 0 aliphatic carbocycles. The van der Waals surface area contributed by atoms with Gasteiger partial charge in [0.05, 0.1) is 12.4 Å². The van der Waals surface area contributed by atoms with Crippen LogP contribution in [0.25, 0.3) is 5.69 Å². The van der Waals surface area contributed by atoms with Crippen molar-refractivity contribution in [3.05, 3.63) is 60.4 Å². The number of hydrogen-bond acceptors (Lipinski definition) is 5. The first-order valence-electron chi connectivity index (χ1n) is 8.17. The summed E-state index contributed by atoms with van der Waals surface area (Å²) in [5.74, 6) is 1.43. The van der Waals surface area contributed by atoms with Crippen LogP contribution in [0.5, 0.6) is 5.75 Å². The van der Waals surface area contributed by atoms with Crippen LogP contribution in [-0.4, -0.2) is 33.0 Å². The van der Waals surface area contributed by atoms with Crippen molar-refractivity contribution in [1.29, 1.82) is 0 Å². The third kappa shape index (κ3) is 4.05. The van der Waals surface area contributed by atoms with E-state index in [9.17, 15) is 4.79 Å². The summed E-state index contributed by atoms with van der Waals surface area (Å²) < 4.78 is 7.07. The molecule has 3 aromatic rings. The quantitative estimate of drug-likeness (QED) is 0.672. The first-order chi connectivity index (χ1) is 12.6. The van der Waals surface area contributed by atoms with Gasteiger partial charge >= 0.3 is 0 Å². The van der Waals surface area contributed by atoms with Gasteiger partial charge in [-0.2, -0.15) is 0 Å². The molecule has 0 bridgehead atoms. The van der Waals surface area contributed by atoms with Crippen LogP contribution in [0, 0.1) is 6.92 Å². The Morgan fingerprint density at radius 2 is 1.81 bits per heavy atom. The highest BCUT2D eigenvalue weighted by Gasteiger charge is 2.20. The normalized spacial score (nSPS) is 11.8. The molecule has 3 rings (SSSR count). The van der Waals surface area contributed by atoms with E-state index in [1.54, 1.807) is 7.11 Å². The van der Waals surface area contributed by atoms with E-state index in [0.717, 1.165) is 22.9 Å². The maximum atomic E-state index is 12.5. The Labute approximate surface area is 156 Å². The number of hydrogen-bond donors (Lipinski definition) is 1. The number of nitrogens with one attached hydrogen (secondary N) is 1. The fraction of sp³-hybridized carbons (Fsp3) is 0.211. The summed E-state index contributed by atoms with van der Waals surface area (Å²) in [6.07, 6.45) is 0. The summed E-state index contributed by atoms with van der Waals surface area (Å²) in [5.41, 5.74) is 1.70. The first-order valence-corrected chi connectivity index (χ1v) is 9.05. The molecule has 1 heterocycles. The minimum Gasteiger partial charge on any atom is -0.497 e. The van der Waals surface area contributed by atoms with Gasteiger partial charge < -0.3 is 10.1 Å². The van der Waals surface area contributed by atoms with Crippen molar-refractivity contribution < 1.29 is 9.53 Å². The molecule has 1 amide bonds. The summed E-state index contributed by atoms with van der Waals surface area (Å²) in [6.45, 7) is 3.75. The van der Waals surface area contributed by atoms with Gasteiger partial charge in [-0.25, -0.2) is 0 Å². The molecule has 1 atom stereocenters. The van der Waals surface area contributed by atoms with Gasteiger partial charge in [0, 0.05) is 11.4 Å². The highest BCUT2D eigenvalue weighted by molar-refractivity contribution is 8.00. The Hall–Kier alpha value is -2.80. The summed E-state index contributed by atoms with van der Waals surface area (Å²) in [5, 5.41) is 11.6. The van der Waals surface area contributed by atoms with Gasteiger partial charge in [-0.1, -0.05) is 30.0 Å². The number of amides is 1. The molecule has 0 radical (unpaired) electrons. The van der Waals surface area contributed by atoms with Gasteiger partial charge in [0.25, 0.3) is 0 Å². The smallest absolute Gasteiger partial charge is 0.237 e. The number of methoxy groups -OCH3 is 1. The molecule has 0 fully saturated rings. The molecule has 0 saturated carbocycles. The number of anilines is 1. The van der Waals surface area contributed by atoms with E-state index < -0.39 is 0 Å². The van der Waals surface area contributed by atoms with Crippen LogP contribution in [0.4, 0.5) is 5.69 Å². The van der Waals surface area contributed by atoms with E-state index in [1.807, 2.05) is 73.0 Å². The number of nitrogens with zero attached hydrogens (tertiary/aromatic N) is 3. The molecule has 26 heavy (non-hydrogen) atoms. The van der Waals surface area contributed by atoms with E-state index in [-0.39, 0.29) is 11.2 Å². The molecular weight excluding hydrogens is 348 g/mol. The Bertz CT molecular complexity index is 878. The second-order valence-electron chi connectivity index (χ2n) is 5.68. The van der Waals surface area contributed by atoms with Crippen LogP contribution < -0.4 is 10.1 Å². The lowest BCUT2D eigenvalue weighted by molar-refractivity contribution is -0.115. The lowest BCUT2D eigenvalue weighted by atomic mass is 10.3. The monoisotopic (exact) mass is 368 g/mol. The van der Waals surface area contributed by atoms with Crippen molar-refractivity contribution in [2.45, 2.75) is 24.3 Å². The van der Waals surface area contributed by atoms with Gasteiger partial charge in [-0.3, -0.25) is 9.36 Å². The zero-order valence-electron chi connectivity index (χ0n) is 14.8. The zero-order valence-corrected chi connectivity index (χ0v) is 15.7. The molecule has 0 saturated heterocycles. The van der Waals surface area contributed by atoms with Crippen molar-refractivity contribution in [2.24, 2.45) is 0 Å². The maximum absolute atomic E-state index is 12.5. The van der Waals surface area contributed by atoms with E-state index in [1.165, 1.54) is 11.8 Å². The van der Waals surface area contributed by atoms with Crippen LogP contribution in [0.3, 0.4) is 0 Å². The topological polar surface area (TPSA) is 69.0 Å². The number of ether oxygens (including phenoxy) is 1. The standard InChI is InChI=1S/C19H20N4O2S/c1-13(18(24)20-15-9-11-17(25-3)12-10-15)26-19-22-21-14(2)23(19)16-7-5-4-6-8-16/h4-13H,1-3H3,(H,20,24)/t13-/m0/s1. The molecule has 2 aromatic carbocycles. The van der Waals surface area contributed by atoms with Gasteiger partial charge in [0.15, 0.2) is 5.16 Å². The molecule has 1 N–H and O–H groups in total. The number of rotatable bonds is 6. The van der Waals surface area contributed by atoms with Crippen molar-refractivity contribution >= 4 is 23.4 Å². The second-order valence-corrected chi connectivity index (χ2v) is 6.99. The molecule has 7 heteroatoms. The molecule has 0 spiro atoms. The van der Waals surface area contributed by atoms with E-state index >= 15 is 0 Å². The van der Waals surface area contributed by atoms with Crippen molar-refractivity contribution in [1.82, 2.24) is 14.8 Å². The highest BCUT2D eigenvalue weighted by Crippen LogP contribution is 2.26. The second kappa shape index (κ2) is 8.05. The van der Waals surface area contributed by atoms with Crippen LogP contribution in [0.2, 0.25) is 0 Å². The number of benzene rings is 2. The lowest BCUT2D eigenvalue weighted by Crippen LogP contribution is -2.22. The average molecular weight is 368 g/mol. The van der Waals surface area contributed by atoms with E-state index in [2.05, 4.69) is 15.5 Å². The Kier molecular flexibility index (Phi) is 5.58. The number of para-hydroxylation sites is 1. The van der Waals surface area contributed by atoms with Crippen LogP contribution in [0.15, 0.2) is 59.8 Å². The van der Waals surface area contributed by atoms with Gasteiger partial charge in [-0.05, 0) is 50.2 Å². The fourth-order valence-electron chi connectivity index (χ4n) is 2.42. The van der Waals surface area contributed by atoms with E-state index in [0.29, 0.717) is 5.16 Å². The summed E-state index contributed by atoms with van der Waals surface area (Å²) >= 11 is 1.37. The number of carbonyl (C=O) groups excluding carboxylic acids is 1. The minimum absolute atomic E-state index is 0.0968. The van der Waals surface area contributed by atoms with Crippen LogP contribution >= 0.6 is 11.8 Å².